The number of hydrogen-bond donors (Lipinski definition) is 1. The molecule has 0 aromatic heterocycles. The van der Waals surface area contributed by atoms with Gasteiger partial charge >= 0.3 is 0 Å². The maximum Gasteiger partial charge on any atom is 0.133 e. The maximum absolute atomic E-state index is 10.5. The Labute approximate surface area is 118 Å². The minimum Gasteiger partial charge on any atom is -0.489 e. The summed E-state index contributed by atoms with van der Waals surface area (Å²) < 4.78 is 5.78. The molecule has 19 heavy (non-hydrogen) atoms. The van der Waals surface area contributed by atoms with Crippen LogP contribution in [0.3, 0.4) is 0 Å². The van der Waals surface area contributed by atoms with Gasteiger partial charge in [0.2, 0.25) is 0 Å². The Bertz CT molecular complexity index is 523. The van der Waals surface area contributed by atoms with Gasteiger partial charge in [0.15, 0.2) is 0 Å². The second-order valence-corrected chi connectivity index (χ2v) is 5.43. The molecule has 1 unspecified atom stereocenters. The standard InChI is InChI=1S/C16H18O2S/c1-16(17,13-8-4-3-5-9-13)12-18-14-10-6-7-11-15(14)19-2/h3-11,17H,12H2,1-2H3. The van der Waals surface area contributed by atoms with E-state index in [1.54, 1.807) is 18.7 Å². The lowest BCUT2D eigenvalue weighted by Crippen LogP contribution is -2.29. The van der Waals surface area contributed by atoms with Crippen LogP contribution in [-0.4, -0.2) is 18.0 Å². The quantitative estimate of drug-likeness (QED) is 0.843. The monoisotopic (exact) mass is 274 g/mol. The molecule has 3 heteroatoms. The van der Waals surface area contributed by atoms with E-state index in [0.29, 0.717) is 0 Å². The molecule has 2 aromatic carbocycles. The lowest BCUT2D eigenvalue weighted by atomic mass is 9.97. The zero-order valence-electron chi connectivity index (χ0n) is 11.2. The second kappa shape index (κ2) is 6.13. The molecular weight excluding hydrogens is 256 g/mol. The van der Waals surface area contributed by atoms with Crippen LogP contribution in [0, 0.1) is 0 Å². The van der Waals surface area contributed by atoms with Crippen LogP contribution < -0.4 is 4.74 Å². The molecule has 0 aliphatic carbocycles. The second-order valence-electron chi connectivity index (χ2n) is 4.58. The minimum absolute atomic E-state index is 0.231. The fourth-order valence-corrected chi connectivity index (χ4v) is 2.38. The molecule has 0 amide bonds. The number of benzene rings is 2. The van der Waals surface area contributed by atoms with Gasteiger partial charge in [-0.1, -0.05) is 42.5 Å². The largest absolute Gasteiger partial charge is 0.489 e. The van der Waals surface area contributed by atoms with Crippen molar-refractivity contribution in [3.8, 4) is 5.75 Å². The molecule has 2 aromatic rings. The molecule has 2 nitrogen and oxygen atoms in total. The summed E-state index contributed by atoms with van der Waals surface area (Å²) >= 11 is 1.64. The van der Waals surface area contributed by atoms with Crippen molar-refractivity contribution in [1.29, 1.82) is 0 Å². The molecule has 2 rings (SSSR count). The van der Waals surface area contributed by atoms with Crippen LogP contribution in [0.4, 0.5) is 0 Å². The molecule has 0 saturated carbocycles. The van der Waals surface area contributed by atoms with E-state index in [2.05, 4.69) is 0 Å². The lowest BCUT2D eigenvalue weighted by Gasteiger charge is -2.24. The average molecular weight is 274 g/mol. The highest BCUT2D eigenvalue weighted by Crippen LogP contribution is 2.29. The minimum atomic E-state index is -0.993. The number of ether oxygens (including phenoxy) is 1. The number of aliphatic hydroxyl groups is 1. The number of thioether (sulfide) groups is 1. The Hall–Kier alpha value is -1.45. The Morgan fingerprint density at radius 3 is 2.37 bits per heavy atom. The normalized spacial score (nSPS) is 13.8. The van der Waals surface area contributed by atoms with Crippen molar-refractivity contribution in [3.05, 3.63) is 60.2 Å². The van der Waals surface area contributed by atoms with Gasteiger partial charge in [-0.3, -0.25) is 0 Å². The molecule has 0 aliphatic heterocycles. The van der Waals surface area contributed by atoms with E-state index in [9.17, 15) is 5.11 Å². The first-order chi connectivity index (χ1) is 9.13. The van der Waals surface area contributed by atoms with E-state index in [0.717, 1.165) is 16.2 Å². The lowest BCUT2D eigenvalue weighted by molar-refractivity contribution is 0.00671. The van der Waals surface area contributed by atoms with Crippen LogP contribution in [0.25, 0.3) is 0 Å². The Balaban J connectivity index is 2.10. The predicted molar refractivity (Wildman–Crippen MR) is 79.7 cm³/mol. The van der Waals surface area contributed by atoms with Crippen LogP contribution in [-0.2, 0) is 5.60 Å². The summed E-state index contributed by atoms with van der Waals surface area (Å²) in [7, 11) is 0. The summed E-state index contributed by atoms with van der Waals surface area (Å²) in [5.74, 6) is 0.811. The van der Waals surface area contributed by atoms with Gasteiger partial charge in [-0.2, -0.15) is 0 Å². The van der Waals surface area contributed by atoms with Crippen LogP contribution in [0.15, 0.2) is 59.5 Å². The molecule has 100 valence electrons. The van der Waals surface area contributed by atoms with Gasteiger partial charge in [0.05, 0.1) is 0 Å². The van der Waals surface area contributed by atoms with Crippen LogP contribution in [0.1, 0.15) is 12.5 Å². The Morgan fingerprint density at radius 2 is 1.68 bits per heavy atom. The highest BCUT2D eigenvalue weighted by atomic mass is 32.2. The molecule has 1 N–H and O–H groups in total. The molecule has 0 radical (unpaired) electrons. The fraction of sp³-hybridized carbons (Fsp3) is 0.250. The third kappa shape index (κ3) is 3.52. The predicted octanol–water partition coefficient (Wildman–Crippen LogP) is 3.70. The van der Waals surface area contributed by atoms with Gasteiger partial charge in [0.25, 0.3) is 0 Å². The molecule has 0 bridgehead atoms. The molecule has 0 heterocycles. The number of hydrogen-bond acceptors (Lipinski definition) is 3. The van der Waals surface area contributed by atoms with Crippen molar-refractivity contribution < 1.29 is 9.84 Å². The van der Waals surface area contributed by atoms with Crippen LogP contribution in [0.5, 0.6) is 5.75 Å². The van der Waals surface area contributed by atoms with Gasteiger partial charge in [0, 0.05) is 4.90 Å². The highest BCUT2D eigenvalue weighted by molar-refractivity contribution is 7.98. The average Bonchev–Trinajstić information content (AvgIpc) is 2.46. The van der Waals surface area contributed by atoms with Gasteiger partial charge in [0.1, 0.15) is 18.0 Å². The summed E-state index contributed by atoms with van der Waals surface area (Å²) in [6.07, 6.45) is 2.01. The van der Waals surface area contributed by atoms with Crippen molar-refractivity contribution >= 4 is 11.8 Å². The van der Waals surface area contributed by atoms with E-state index in [1.165, 1.54) is 0 Å². The molecule has 0 aliphatic rings. The van der Waals surface area contributed by atoms with Crippen molar-refractivity contribution in [2.75, 3.05) is 12.9 Å². The summed E-state index contributed by atoms with van der Waals surface area (Å²) in [6, 6.07) is 17.4. The SMILES string of the molecule is CSc1ccccc1OCC(C)(O)c1ccccc1. The Morgan fingerprint density at radius 1 is 1.05 bits per heavy atom. The van der Waals surface area contributed by atoms with E-state index < -0.39 is 5.60 Å². The summed E-state index contributed by atoms with van der Waals surface area (Å²) in [5.41, 5.74) is -0.135. The van der Waals surface area contributed by atoms with E-state index in [-0.39, 0.29) is 6.61 Å². The first-order valence-electron chi connectivity index (χ1n) is 6.17. The maximum atomic E-state index is 10.5. The third-order valence-corrected chi connectivity index (χ3v) is 3.75. The van der Waals surface area contributed by atoms with E-state index in [1.807, 2.05) is 60.9 Å². The van der Waals surface area contributed by atoms with Crippen molar-refractivity contribution in [1.82, 2.24) is 0 Å². The summed E-state index contributed by atoms with van der Waals surface area (Å²) in [6.45, 7) is 2.00. The van der Waals surface area contributed by atoms with Crippen LogP contribution >= 0.6 is 11.8 Å². The fourth-order valence-electron chi connectivity index (χ4n) is 1.84. The number of para-hydroxylation sites is 1. The van der Waals surface area contributed by atoms with E-state index in [4.69, 9.17) is 4.74 Å². The number of rotatable bonds is 5. The van der Waals surface area contributed by atoms with Gasteiger partial charge in [-0.05, 0) is 30.9 Å². The van der Waals surface area contributed by atoms with Crippen molar-refractivity contribution in [2.45, 2.75) is 17.4 Å². The molecular formula is C16H18O2S. The molecule has 1 atom stereocenters. The van der Waals surface area contributed by atoms with Gasteiger partial charge < -0.3 is 9.84 Å². The van der Waals surface area contributed by atoms with Crippen molar-refractivity contribution in [2.24, 2.45) is 0 Å². The van der Waals surface area contributed by atoms with Crippen LogP contribution in [0.2, 0.25) is 0 Å². The molecule has 0 saturated heterocycles. The smallest absolute Gasteiger partial charge is 0.133 e. The van der Waals surface area contributed by atoms with Crippen molar-refractivity contribution in [3.63, 3.8) is 0 Å². The third-order valence-electron chi connectivity index (χ3n) is 2.97. The zero-order valence-corrected chi connectivity index (χ0v) is 12.0. The topological polar surface area (TPSA) is 29.5 Å². The zero-order chi connectivity index (χ0) is 13.7. The molecule has 0 fully saturated rings. The summed E-state index contributed by atoms with van der Waals surface area (Å²) in [5, 5.41) is 10.5. The van der Waals surface area contributed by atoms with E-state index >= 15 is 0 Å². The summed E-state index contributed by atoms with van der Waals surface area (Å²) in [4.78, 5) is 1.08. The first-order valence-corrected chi connectivity index (χ1v) is 7.40. The van der Waals surface area contributed by atoms with Gasteiger partial charge in [-0.25, -0.2) is 0 Å². The Kier molecular flexibility index (Phi) is 4.51. The highest BCUT2D eigenvalue weighted by Gasteiger charge is 2.24. The molecule has 0 spiro atoms. The first kappa shape index (κ1) is 14.0. The van der Waals surface area contributed by atoms with Gasteiger partial charge in [-0.15, -0.1) is 11.8 Å².